The summed E-state index contributed by atoms with van der Waals surface area (Å²) in [5, 5.41) is 8.92. The van der Waals surface area contributed by atoms with Crippen molar-refractivity contribution >= 4 is 0 Å². The summed E-state index contributed by atoms with van der Waals surface area (Å²) >= 11 is 0. The Balaban J connectivity index is 1.94. The SMILES string of the molecule is OCC1CC2(CCOCC2)CO1. The predicted molar refractivity (Wildman–Crippen MR) is 43.9 cm³/mol. The van der Waals surface area contributed by atoms with E-state index in [0.717, 1.165) is 39.1 Å². The quantitative estimate of drug-likeness (QED) is 0.628. The van der Waals surface area contributed by atoms with Crippen LogP contribution in [0.1, 0.15) is 19.3 Å². The number of aliphatic hydroxyl groups is 1. The fourth-order valence-electron chi connectivity index (χ4n) is 2.17. The van der Waals surface area contributed by atoms with E-state index in [0.29, 0.717) is 5.41 Å². The highest BCUT2D eigenvalue weighted by Crippen LogP contribution is 2.40. The van der Waals surface area contributed by atoms with E-state index >= 15 is 0 Å². The largest absolute Gasteiger partial charge is 0.394 e. The summed E-state index contributed by atoms with van der Waals surface area (Å²) in [6.45, 7) is 2.72. The molecule has 0 amide bonds. The molecule has 3 nitrogen and oxygen atoms in total. The molecule has 0 aliphatic carbocycles. The van der Waals surface area contributed by atoms with Crippen LogP contribution in [0.5, 0.6) is 0 Å². The topological polar surface area (TPSA) is 38.7 Å². The van der Waals surface area contributed by atoms with Gasteiger partial charge < -0.3 is 14.6 Å². The van der Waals surface area contributed by atoms with Crippen LogP contribution in [0.25, 0.3) is 0 Å². The minimum absolute atomic E-state index is 0.0862. The third-order valence-corrected chi connectivity index (χ3v) is 3.04. The van der Waals surface area contributed by atoms with Crippen LogP contribution in [-0.2, 0) is 9.47 Å². The van der Waals surface area contributed by atoms with Crippen molar-refractivity contribution in [3.8, 4) is 0 Å². The lowest BCUT2D eigenvalue weighted by Crippen LogP contribution is -2.30. The first kappa shape index (κ1) is 8.48. The molecule has 1 spiro atoms. The van der Waals surface area contributed by atoms with E-state index < -0.39 is 0 Å². The van der Waals surface area contributed by atoms with Crippen molar-refractivity contribution in [1.29, 1.82) is 0 Å². The van der Waals surface area contributed by atoms with Gasteiger partial charge in [0.2, 0.25) is 0 Å². The molecule has 0 radical (unpaired) electrons. The number of hydrogen-bond donors (Lipinski definition) is 1. The van der Waals surface area contributed by atoms with Crippen molar-refractivity contribution in [1.82, 2.24) is 0 Å². The van der Waals surface area contributed by atoms with Gasteiger partial charge in [0.1, 0.15) is 0 Å². The van der Waals surface area contributed by atoms with E-state index in [-0.39, 0.29) is 12.7 Å². The Labute approximate surface area is 72.7 Å². The highest BCUT2D eigenvalue weighted by molar-refractivity contribution is 4.89. The average molecular weight is 172 g/mol. The molecule has 0 aromatic rings. The fourth-order valence-corrected chi connectivity index (χ4v) is 2.17. The second-order valence-electron chi connectivity index (χ2n) is 3.93. The molecule has 2 heterocycles. The van der Waals surface area contributed by atoms with Crippen molar-refractivity contribution in [3.05, 3.63) is 0 Å². The fraction of sp³-hybridized carbons (Fsp3) is 1.00. The van der Waals surface area contributed by atoms with Gasteiger partial charge in [-0.05, 0) is 19.3 Å². The van der Waals surface area contributed by atoms with E-state index in [4.69, 9.17) is 14.6 Å². The minimum Gasteiger partial charge on any atom is -0.394 e. The molecule has 0 bridgehead atoms. The van der Waals surface area contributed by atoms with E-state index in [1.165, 1.54) is 0 Å². The Morgan fingerprint density at radius 3 is 2.67 bits per heavy atom. The van der Waals surface area contributed by atoms with Crippen LogP contribution in [-0.4, -0.2) is 37.6 Å². The maximum atomic E-state index is 8.92. The van der Waals surface area contributed by atoms with E-state index in [1.807, 2.05) is 0 Å². The second kappa shape index (κ2) is 3.32. The molecule has 2 fully saturated rings. The summed E-state index contributed by atoms with van der Waals surface area (Å²) in [6, 6.07) is 0. The van der Waals surface area contributed by atoms with Gasteiger partial charge in [0, 0.05) is 18.6 Å². The summed E-state index contributed by atoms with van der Waals surface area (Å²) in [5.74, 6) is 0. The molecule has 2 saturated heterocycles. The second-order valence-corrected chi connectivity index (χ2v) is 3.93. The van der Waals surface area contributed by atoms with Crippen LogP contribution in [0.4, 0.5) is 0 Å². The summed E-state index contributed by atoms with van der Waals surface area (Å²) in [7, 11) is 0. The molecular weight excluding hydrogens is 156 g/mol. The third kappa shape index (κ3) is 1.49. The molecule has 0 aromatic carbocycles. The van der Waals surface area contributed by atoms with E-state index in [2.05, 4.69) is 0 Å². The van der Waals surface area contributed by atoms with Crippen LogP contribution in [0.15, 0.2) is 0 Å². The number of aliphatic hydroxyl groups excluding tert-OH is 1. The molecule has 3 heteroatoms. The molecule has 70 valence electrons. The maximum Gasteiger partial charge on any atom is 0.0812 e. The van der Waals surface area contributed by atoms with Gasteiger partial charge in [-0.25, -0.2) is 0 Å². The first-order valence-corrected chi connectivity index (χ1v) is 4.65. The lowest BCUT2D eigenvalue weighted by molar-refractivity contribution is 0.00458. The van der Waals surface area contributed by atoms with Gasteiger partial charge >= 0.3 is 0 Å². The molecule has 1 N–H and O–H groups in total. The van der Waals surface area contributed by atoms with Gasteiger partial charge in [-0.2, -0.15) is 0 Å². The Hall–Kier alpha value is -0.120. The molecular formula is C9H16O3. The van der Waals surface area contributed by atoms with Crippen molar-refractivity contribution in [3.63, 3.8) is 0 Å². The van der Waals surface area contributed by atoms with Crippen LogP contribution in [0, 0.1) is 5.41 Å². The zero-order valence-corrected chi connectivity index (χ0v) is 7.29. The summed E-state index contributed by atoms with van der Waals surface area (Å²) < 4.78 is 10.8. The van der Waals surface area contributed by atoms with Gasteiger partial charge in [-0.1, -0.05) is 0 Å². The number of rotatable bonds is 1. The Morgan fingerprint density at radius 1 is 1.33 bits per heavy atom. The molecule has 12 heavy (non-hydrogen) atoms. The summed E-state index contributed by atoms with van der Waals surface area (Å²) in [4.78, 5) is 0. The number of hydrogen-bond acceptors (Lipinski definition) is 3. The van der Waals surface area contributed by atoms with Crippen molar-refractivity contribution in [2.75, 3.05) is 26.4 Å². The molecule has 0 aromatic heterocycles. The number of ether oxygens (including phenoxy) is 2. The summed E-state index contributed by atoms with van der Waals surface area (Å²) in [6.07, 6.45) is 3.31. The molecule has 0 saturated carbocycles. The monoisotopic (exact) mass is 172 g/mol. The Morgan fingerprint density at radius 2 is 2.08 bits per heavy atom. The van der Waals surface area contributed by atoms with Gasteiger partial charge in [-0.3, -0.25) is 0 Å². The van der Waals surface area contributed by atoms with Crippen LogP contribution in [0.3, 0.4) is 0 Å². The van der Waals surface area contributed by atoms with Crippen molar-refractivity contribution in [2.45, 2.75) is 25.4 Å². The standard InChI is InChI=1S/C9H16O3/c10-6-8-5-9(7-12-8)1-3-11-4-2-9/h8,10H,1-7H2. The Kier molecular flexibility index (Phi) is 2.35. The first-order chi connectivity index (χ1) is 5.85. The zero-order valence-electron chi connectivity index (χ0n) is 7.29. The molecule has 1 atom stereocenters. The van der Waals surface area contributed by atoms with Crippen LogP contribution >= 0.6 is 0 Å². The van der Waals surface area contributed by atoms with E-state index in [1.54, 1.807) is 0 Å². The van der Waals surface area contributed by atoms with Crippen LogP contribution in [0.2, 0.25) is 0 Å². The predicted octanol–water partition coefficient (Wildman–Crippen LogP) is 0.564. The van der Waals surface area contributed by atoms with E-state index in [9.17, 15) is 0 Å². The molecule has 1 unspecified atom stereocenters. The highest BCUT2D eigenvalue weighted by Gasteiger charge is 2.40. The lowest BCUT2D eigenvalue weighted by atomic mass is 9.78. The molecule has 2 aliphatic rings. The third-order valence-electron chi connectivity index (χ3n) is 3.04. The maximum absolute atomic E-state index is 8.92. The van der Waals surface area contributed by atoms with Gasteiger partial charge in [0.25, 0.3) is 0 Å². The van der Waals surface area contributed by atoms with Gasteiger partial charge in [-0.15, -0.1) is 0 Å². The van der Waals surface area contributed by atoms with Gasteiger partial charge in [0.05, 0.1) is 19.3 Å². The molecule has 2 aliphatic heterocycles. The highest BCUT2D eigenvalue weighted by atomic mass is 16.5. The minimum atomic E-state index is 0.0862. The van der Waals surface area contributed by atoms with Gasteiger partial charge in [0.15, 0.2) is 0 Å². The first-order valence-electron chi connectivity index (χ1n) is 4.65. The normalized spacial score (nSPS) is 34.2. The lowest BCUT2D eigenvalue weighted by Gasteiger charge is -2.31. The molecule has 2 rings (SSSR count). The van der Waals surface area contributed by atoms with Crippen molar-refractivity contribution < 1.29 is 14.6 Å². The summed E-state index contributed by atoms with van der Waals surface area (Å²) in [5.41, 5.74) is 0.339. The average Bonchev–Trinajstić information content (AvgIpc) is 2.50. The smallest absolute Gasteiger partial charge is 0.0812 e. The van der Waals surface area contributed by atoms with Crippen LogP contribution < -0.4 is 0 Å². The van der Waals surface area contributed by atoms with Crippen molar-refractivity contribution in [2.24, 2.45) is 5.41 Å². The Bertz CT molecular complexity index is 152. The zero-order chi connectivity index (χ0) is 8.44.